The Labute approximate surface area is 91.5 Å². The highest BCUT2D eigenvalue weighted by Gasteiger charge is 2.21. The van der Waals surface area contributed by atoms with Crippen LogP contribution in [0.25, 0.3) is 10.4 Å². The molecule has 86 valence electrons. The molecule has 8 heteroatoms. The molecule has 0 amide bonds. The Morgan fingerprint density at radius 2 is 2.62 bits per heavy atom. The molecular weight excluding hydrogens is 212 g/mol. The van der Waals surface area contributed by atoms with Crippen LogP contribution in [0.5, 0.6) is 0 Å². The third kappa shape index (κ3) is 2.97. The van der Waals surface area contributed by atoms with Gasteiger partial charge in [0.05, 0.1) is 18.2 Å². The van der Waals surface area contributed by atoms with Gasteiger partial charge in [0.1, 0.15) is 6.04 Å². The maximum Gasteiger partial charge on any atom is 0.326 e. The lowest BCUT2D eigenvalue weighted by Gasteiger charge is -2.13. The van der Waals surface area contributed by atoms with Crippen LogP contribution in [0.2, 0.25) is 0 Å². The Morgan fingerprint density at radius 1 is 1.88 bits per heavy atom. The second-order valence-corrected chi connectivity index (χ2v) is 3.11. The second kappa shape index (κ2) is 5.74. The van der Waals surface area contributed by atoms with E-state index >= 15 is 0 Å². The first-order chi connectivity index (χ1) is 7.66. The Morgan fingerprint density at radius 3 is 3.12 bits per heavy atom. The number of imidazole rings is 1. The SMILES string of the molecule is Cn1cncc1C(NCCN=[N+]=[N-])C(=O)O. The summed E-state index contributed by atoms with van der Waals surface area (Å²) in [5.74, 6) is -0.996. The van der Waals surface area contributed by atoms with E-state index in [0.717, 1.165) is 0 Å². The molecule has 2 N–H and O–H groups in total. The predicted octanol–water partition coefficient (Wildman–Crippen LogP) is 0.446. The molecule has 0 spiro atoms. The zero-order chi connectivity index (χ0) is 12.0. The molecule has 1 aromatic rings. The molecular formula is C8H12N6O2. The van der Waals surface area contributed by atoms with E-state index in [2.05, 4.69) is 20.3 Å². The number of carbonyl (C=O) groups is 1. The molecule has 0 aliphatic carbocycles. The van der Waals surface area contributed by atoms with E-state index in [1.54, 1.807) is 11.6 Å². The molecule has 0 saturated carbocycles. The minimum Gasteiger partial charge on any atom is -0.480 e. The number of hydrogen-bond acceptors (Lipinski definition) is 4. The zero-order valence-electron chi connectivity index (χ0n) is 8.74. The van der Waals surface area contributed by atoms with Crippen molar-refractivity contribution >= 4 is 5.97 Å². The maximum atomic E-state index is 11.0. The number of azide groups is 1. The molecule has 0 aliphatic heterocycles. The fourth-order valence-electron chi connectivity index (χ4n) is 1.27. The second-order valence-electron chi connectivity index (χ2n) is 3.11. The highest BCUT2D eigenvalue weighted by Crippen LogP contribution is 2.11. The number of nitrogens with one attached hydrogen (secondary N) is 1. The van der Waals surface area contributed by atoms with E-state index < -0.39 is 12.0 Å². The number of aliphatic carboxylic acids is 1. The lowest BCUT2D eigenvalue weighted by atomic mass is 10.2. The molecule has 0 fully saturated rings. The van der Waals surface area contributed by atoms with Crippen molar-refractivity contribution in [1.82, 2.24) is 14.9 Å². The van der Waals surface area contributed by atoms with Gasteiger partial charge in [0.2, 0.25) is 0 Å². The molecule has 0 aliphatic rings. The molecule has 1 heterocycles. The van der Waals surface area contributed by atoms with Crippen LogP contribution in [0.3, 0.4) is 0 Å². The van der Waals surface area contributed by atoms with Crippen molar-refractivity contribution < 1.29 is 9.90 Å². The van der Waals surface area contributed by atoms with E-state index in [1.807, 2.05) is 0 Å². The number of nitrogens with zero attached hydrogens (tertiary/aromatic N) is 5. The summed E-state index contributed by atoms with van der Waals surface area (Å²) in [6.45, 7) is 0.504. The summed E-state index contributed by atoms with van der Waals surface area (Å²) in [7, 11) is 1.72. The van der Waals surface area contributed by atoms with Gasteiger partial charge in [-0.25, -0.2) is 4.98 Å². The average Bonchev–Trinajstić information content (AvgIpc) is 2.64. The molecule has 1 aromatic heterocycles. The summed E-state index contributed by atoms with van der Waals surface area (Å²) in [5.41, 5.74) is 8.62. The summed E-state index contributed by atoms with van der Waals surface area (Å²) >= 11 is 0. The minimum atomic E-state index is -0.996. The molecule has 8 nitrogen and oxygen atoms in total. The lowest BCUT2D eigenvalue weighted by molar-refractivity contribution is -0.139. The molecule has 1 atom stereocenters. The molecule has 0 radical (unpaired) electrons. The van der Waals surface area contributed by atoms with Crippen LogP contribution in [0, 0.1) is 0 Å². The topological polar surface area (TPSA) is 116 Å². The first kappa shape index (κ1) is 12.0. The molecule has 1 unspecified atom stereocenters. The molecule has 0 bridgehead atoms. The van der Waals surface area contributed by atoms with E-state index in [0.29, 0.717) is 12.2 Å². The van der Waals surface area contributed by atoms with Crippen molar-refractivity contribution in [2.45, 2.75) is 6.04 Å². The van der Waals surface area contributed by atoms with Crippen molar-refractivity contribution in [2.75, 3.05) is 13.1 Å². The summed E-state index contributed by atoms with van der Waals surface area (Å²) in [4.78, 5) is 17.4. The predicted molar refractivity (Wildman–Crippen MR) is 55.6 cm³/mol. The monoisotopic (exact) mass is 224 g/mol. The number of aromatic nitrogens is 2. The van der Waals surface area contributed by atoms with E-state index in [4.69, 9.17) is 10.6 Å². The molecule has 1 rings (SSSR count). The fourth-order valence-corrected chi connectivity index (χ4v) is 1.27. The standard InChI is InChI=1S/C8H12N6O2/c1-14-5-10-4-6(14)7(8(15)16)11-2-3-12-13-9/h4-5,7,11H,2-3H2,1H3,(H,15,16). The van der Waals surface area contributed by atoms with Gasteiger partial charge in [0.15, 0.2) is 0 Å². The van der Waals surface area contributed by atoms with Gasteiger partial charge in [0, 0.05) is 25.0 Å². The van der Waals surface area contributed by atoms with Gasteiger partial charge < -0.3 is 9.67 Å². The van der Waals surface area contributed by atoms with Crippen molar-refractivity contribution in [1.29, 1.82) is 0 Å². The van der Waals surface area contributed by atoms with Crippen molar-refractivity contribution in [3.05, 3.63) is 28.7 Å². The van der Waals surface area contributed by atoms with Gasteiger partial charge in [-0.05, 0) is 5.53 Å². The van der Waals surface area contributed by atoms with Gasteiger partial charge in [0.25, 0.3) is 0 Å². The van der Waals surface area contributed by atoms with Gasteiger partial charge in [-0.3, -0.25) is 10.1 Å². The first-order valence-electron chi connectivity index (χ1n) is 4.60. The first-order valence-corrected chi connectivity index (χ1v) is 4.60. The third-order valence-corrected chi connectivity index (χ3v) is 2.02. The smallest absolute Gasteiger partial charge is 0.326 e. The minimum absolute atomic E-state index is 0.206. The number of carboxylic acids is 1. The number of carboxylic acid groups (broad SMARTS) is 1. The summed E-state index contributed by atoms with van der Waals surface area (Å²) in [6, 6.07) is -0.846. The van der Waals surface area contributed by atoms with Gasteiger partial charge in [-0.15, -0.1) is 0 Å². The van der Waals surface area contributed by atoms with Crippen molar-refractivity contribution in [3.63, 3.8) is 0 Å². The Hall–Kier alpha value is -2.05. The lowest BCUT2D eigenvalue weighted by Crippen LogP contribution is -2.31. The van der Waals surface area contributed by atoms with Crippen molar-refractivity contribution in [3.8, 4) is 0 Å². The Balaban J connectivity index is 2.65. The number of rotatable bonds is 6. The van der Waals surface area contributed by atoms with Crippen LogP contribution in [-0.4, -0.2) is 33.7 Å². The van der Waals surface area contributed by atoms with Crippen LogP contribution in [-0.2, 0) is 11.8 Å². The maximum absolute atomic E-state index is 11.0. The summed E-state index contributed by atoms with van der Waals surface area (Å²) < 4.78 is 1.62. The average molecular weight is 224 g/mol. The normalized spacial score (nSPS) is 11.8. The molecule has 0 saturated heterocycles. The van der Waals surface area contributed by atoms with Gasteiger partial charge in [-0.1, -0.05) is 5.11 Å². The Bertz CT molecular complexity index is 408. The summed E-state index contributed by atoms with van der Waals surface area (Å²) in [6.07, 6.45) is 3.01. The van der Waals surface area contributed by atoms with Crippen LogP contribution >= 0.6 is 0 Å². The van der Waals surface area contributed by atoms with Gasteiger partial charge >= 0.3 is 5.97 Å². The molecule has 0 aromatic carbocycles. The largest absolute Gasteiger partial charge is 0.480 e. The Kier molecular flexibility index (Phi) is 4.31. The zero-order valence-corrected chi connectivity index (χ0v) is 8.74. The van der Waals surface area contributed by atoms with Crippen LogP contribution in [0.15, 0.2) is 17.6 Å². The molecule has 16 heavy (non-hydrogen) atoms. The quantitative estimate of drug-likeness (QED) is 0.315. The van der Waals surface area contributed by atoms with E-state index in [-0.39, 0.29) is 6.54 Å². The van der Waals surface area contributed by atoms with Crippen LogP contribution < -0.4 is 5.32 Å². The van der Waals surface area contributed by atoms with E-state index in [9.17, 15) is 4.79 Å². The van der Waals surface area contributed by atoms with E-state index in [1.165, 1.54) is 12.5 Å². The highest BCUT2D eigenvalue weighted by atomic mass is 16.4. The number of hydrogen-bond donors (Lipinski definition) is 2. The van der Waals surface area contributed by atoms with Crippen LogP contribution in [0.4, 0.5) is 0 Å². The third-order valence-electron chi connectivity index (χ3n) is 2.02. The number of aryl methyl sites for hydroxylation is 1. The van der Waals surface area contributed by atoms with Gasteiger partial charge in [-0.2, -0.15) is 0 Å². The summed E-state index contributed by atoms with van der Waals surface area (Å²) in [5, 5.41) is 15.1. The fraction of sp³-hybridized carbons (Fsp3) is 0.500. The highest BCUT2D eigenvalue weighted by molar-refractivity contribution is 5.74. The van der Waals surface area contributed by atoms with Crippen LogP contribution in [0.1, 0.15) is 11.7 Å². The van der Waals surface area contributed by atoms with Crippen molar-refractivity contribution in [2.24, 2.45) is 12.2 Å².